The predicted molar refractivity (Wildman–Crippen MR) is 80.4 cm³/mol. The molecule has 0 heterocycles. The maximum Gasteiger partial charge on any atom is 0.329 e. The summed E-state index contributed by atoms with van der Waals surface area (Å²) in [5.74, 6) is -1.45. The van der Waals surface area contributed by atoms with E-state index in [2.05, 4.69) is 16.0 Å². The molecular weight excluding hydrogens is 286 g/mol. The van der Waals surface area contributed by atoms with Gasteiger partial charge in [-0.05, 0) is 25.7 Å². The van der Waals surface area contributed by atoms with Gasteiger partial charge in [0.05, 0.1) is 6.54 Å². The number of rotatable bonds is 5. The number of amides is 3. The molecule has 2 fully saturated rings. The summed E-state index contributed by atoms with van der Waals surface area (Å²) < 4.78 is 0. The molecule has 7 nitrogen and oxygen atoms in total. The number of carbonyl (C=O) groups excluding carboxylic acids is 2. The molecule has 124 valence electrons. The lowest BCUT2D eigenvalue weighted by Gasteiger charge is -2.26. The van der Waals surface area contributed by atoms with Gasteiger partial charge >= 0.3 is 12.0 Å². The average molecular weight is 311 g/mol. The first kappa shape index (κ1) is 16.6. The minimum Gasteiger partial charge on any atom is -0.480 e. The molecule has 7 heteroatoms. The maximum absolute atomic E-state index is 11.9. The van der Waals surface area contributed by atoms with E-state index in [0.717, 1.165) is 38.5 Å². The Labute approximate surface area is 130 Å². The van der Waals surface area contributed by atoms with Gasteiger partial charge in [0.15, 0.2) is 0 Å². The van der Waals surface area contributed by atoms with Crippen molar-refractivity contribution in [3.05, 3.63) is 0 Å². The van der Waals surface area contributed by atoms with Crippen molar-refractivity contribution in [3.63, 3.8) is 0 Å². The number of hydrogen-bond donors (Lipinski definition) is 4. The fourth-order valence-electron chi connectivity index (χ4n) is 3.33. The third-order valence-corrected chi connectivity index (χ3v) is 4.60. The summed E-state index contributed by atoms with van der Waals surface area (Å²) in [6.45, 7) is -0.201. The van der Waals surface area contributed by atoms with Crippen LogP contribution >= 0.6 is 0 Å². The van der Waals surface area contributed by atoms with E-state index in [1.165, 1.54) is 6.42 Å². The smallest absolute Gasteiger partial charge is 0.329 e. The topological polar surface area (TPSA) is 108 Å². The monoisotopic (exact) mass is 311 g/mol. The highest BCUT2D eigenvalue weighted by Crippen LogP contribution is 2.29. The highest BCUT2D eigenvalue weighted by atomic mass is 16.4. The quantitative estimate of drug-likeness (QED) is 0.610. The van der Waals surface area contributed by atoms with Gasteiger partial charge in [0.2, 0.25) is 5.91 Å². The molecule has 0 radical (unpaired) electrons. The number of carbonyl (C=O) groups is 3. The minimum atomic E-state index is -1.15. The lowest BCUT2D eigenvalue weighted by molar-refractivity contribution is -0.147. The van der Waals surface area contributed by atoms with Crippen LogP contribution < -0.4 is 16.0 Å². The molecule has 0 aliphatic heterocycles. The van der Waals surface area contributed by atoms with Crippen LogP contribution in [0.2, 0.25) is 0 Å². The summed E-state index contributed by atoms with van der Waals surface area (Å²) in [7, 11) is 0. The fourth-order valence-corrected chi connectivity index (χ4v) is 3.33. The van der Waals surface area contributed by atoms with Crippen LogP contribution in [-0.4, -0.2) is 41.1 Å². The van der Waals surface area contributed by atoms with Gasteiger partial charge in [-0.15, -0.1) is 0 Å². The van der Waals surface area contributed by atoms with Crippen molar-refractivity contribution in [1.82, 2.24) is 16.0 Å². The number of carboxylic acid groups (broad SMARTS) is 1. The van der Waals surface area contributed by atoms with Crippen LogP contribution in [-0.2, 0) is 9.59 Å². The highest BCUT2D eigenvalue weighted by Gasteiger charge is 2.42. The van der Waals surface area contributed by atoms with Crippen LogP contribution in [0.1, 0.15) is 57.8 Å². The summed E-state index contributed by atoms with van der Waals surface area (Å²) in [5.41, 5.74) is -1.15. The molecule has 0 aromatic heterocycles. The van der Waals surface area contributed by atoms with Gasteiger partial charge in [-0.2, -0.15) is 0 Å². The second kappa shape index (κ2) is 7.47. The van der Waals surface area contributed by atoms with Crippen molar-refractivity contribution < 1.29 is 19.5 Å². The molecule has 2 saturated carbocycles. The van der Waals surface area contributed by atoms with E-state index in [-0.39, 0.29) is 18.6 Å². The Morgan fingerprint density at radius 3 is 2.23 bits per heavy atom. The lowest BCUT2D eigenvalue weighted by atomic mass is 9.96. The summed E-state index contributed by atoms with van der Waals surface area (Å²) in [4.78, 5) is 35.0. The van der Waals surface area contributed by atoms with Gasteiger partial charge in [-0.25, -0.2) is 9.59 Å². The predicted octanol–water partition coefficient (Wildman–Crippen LogP) is 1.13. The summed E-state index contributed by atoms with van der Waals surface area (Å²) in [5, 5.41) is 17.2. The minimum absolute atomic E-state index is 0.178. The molecule has 0 bridgehead atoms. The molecule has 0 unspecified atom stereocenters. The Morgan fingerprint density at radius 2 is 1.64 bits per heavy atom. The second-order valence-corrected chi connectivity index (χ2v) is 6.30. The van der Waals surface area contributed by atoms with Gasteiger partial charge < -0.3 is 21.1 Å². The standard InChI is InChI=1S/C15H25N3O4/c19-12(18-15(13(20)21)8-4-5-9-15)10-16-14(22)17-11-6-2-1-3-7-11/h11H,1-10H2,(H,18,19)(H,20,21)(H2,16,17,22). The Kier molecular flexibility index (Phi) is 5.63. The molecular formula is C15H25N3O4. The van der Waals surface area contributed by atoms with Crippen molar-refractivity contribution >= 4 is 17.9 Å². The van der Waals surface area contributed by atoms with Gasteiger partial charge in [0, 0.05) is 6.04 Å². The van der Waals surface area contributed by atoms with E-state index in [9.17, 15) is 19.5 Å². The van der Waals surface area contributed by atoms with Gasteiger partial charge in [0.1, 0.15) is 5.54 Å². The first-order chi connectivity index (χ1) is 10.5. The molecule has 4 N–H and O–H groups in total. The van der Waals surface area contributed by atoms with Crippen LogP contribution in [0.3, 0.4) is 0 Å². The molecule has 2 rings (SSSR count). The Balaban J connectivity index is 1.72. The zero-order chi connectivity index (χ0) is 16.0. The van der Waals surface area contributed by atoms with Crippen molar-refractivity contribution in [2.24, 2.45) is 0 Å². The summed E-state index contributed by atoms with van der Waals surface area (Å²) in [6.07, 6.45) is 7.87. The van der Waals surface area contributed by atoms with Crippen LogP contribution in [0.15, 0.2) is 0 Å². The van der Waals surface area contributed by atoms with Gasteiger partial charge in [0.25, 0.3) is 0 Å². The van der Waals surface area contributed by atoms with E-state index in [1.54, 1.807) is 0 Å². The number of nitrogens with one attached hydrogen (secondary N) is 3. The van der Waals surface area contributed by atoms with E-state index in [0.29, 0.717) is 12.8 Å². The molecule has 0 spiro atoms. The lowest BCUT2D eigenvalue weighted by Crippen LogP contribution is -2.55. The Hall–Kier alpha value is -1.79. The van der Waals surface area contributed by atoms with E-state index >= 15 is 0 Å². The first-order valence-electron chi connectivity index (χ1n) is 8.11. The number of carboxylic acids is 1. The normalized spacial score (nSPS) is 21.1. The molecule has 2 aliphatic rings. The largest absolute Gasteiger partial charge is 0.480 e. The summed E-state index contributed by atoms with van der Waals surface area (Å²) in [6, 6.07) is -0.185. The SMILES string of the molecule is O=C(CNC(=O)NC1CCCCC1)NC1(C(=O)O)CCCC1. The molecule has 0 aromatic carbocycles. The zero-order valence-corrected chi connectivity index (χ0v) is 12.8. The molecule has 2 aliphatic carbocycles. The fraction of sp³-hybridized carbons (Fsp3) is 0.800. The van der Waals surface area contributed by atoms with E-state index in [1.807, 2.05) is 0 Å². The third kappa shape index (κ3) is 4.35. The number of urea groups is 1. The van der Waals surface area contributed by atoms with E-state index in [4.69, 9.17) is 0 Å². The van der Waals surface area contributed by atoms with Crippen molar-refractivity contribution in [1.29, 1.82) is 0 Å². The average Bonchev–Trinajstić information content (AvgIpc) is 2.96. The van der Waals surface area contributed by atoms with Crippen molar-refractivity contribution in [2.45, 2.75) is 69.4 Å². The van der Waals surface area contributed by atoms with Crippen molar-refractivity contribution in [3.8, 4) is 0 Å². The van der Waals surface area contributed by atoms with Crippen LogP contribution in [0.25, 0.3) is 0 Å². The molecule has 0 atom stereocenters. The number of hydrogen-bond acceptors (Lipinski definition) is 3. The number of aliphatic carboxylic acids is 1. The van der Waals surface area contributed by atoms with Crippen LogP contribution in [0.5, 0.6) is 0 Å². The second-order valence-electron chi connectivity index (χ2n) is 6.30. The van der Waals surface area contributed by atoms with E-state index < -0.39 is 17.4 Å². The zero-order valence-electron chi connectivity index (χ0n) is 12.8. The molecule has 0 saturated heterocycles. The maximum atomic E-state index is 11.9. The molecule has 0 aromatic rings. The third-order valence-electron chi connectivity index (χ3n) is 4.60. The van der Waals surface area contributed by atoms with Gasteiger partial charge in [-0.3, -0.25) is 4.79 Å². The Bertz CT molecular complexity index is 427. The van der Waals surface area contributed by atoms with Crippen LogP contribution in [0.4, 0.5) is 4.79 Å². The highest BCUT2D eigenvalue weighted by molar-refractivity contribution is 5.90. The van der Waals surface area contributed by atoms with Crippen molar-refractivity contribution in [2.75, 3.05) is 6.54 Å². The van der Waals surface area contributed by atoms with Gasteiger partial charge in [-0.1, -0.05) is 32.1 Å². The Morgan fingerprint density at radius 1 is 1.00 bits per heavy atom. The summed E-state index contributed by atoms with van der Waals surface area (Å²) >= 11 is 0. The van der Waals surface area contributed by atoms with Crippen LogP contribution in [0, 0.1) is 0 Å². The molecule has 3 amide bonds. The molecule has 22 heavy (non-hydrogen) atoms. The first-order valence-corrected chi connectivity index (χ1v) is 8.11.